The molecule has 6 nitrogen and oxygen atoms in total. The normalized spacial score (nSPS) is 12.3. The summed E-state index contributed by atoms with van der Waals surface area (Å²) in [5.74, 6) is 1.27. The fraction of sp³-hybridized carbons (Fsp3) is 0.409. The number of benzene rings is 1. The molecule has 2 aromatic heterocycles. The van der Waals surface area contributed by atoms with Gasteiger partial charge in [0.25, 0.3) is 0 Å². The molecule has 7 heteroatoms. The van der Waals surface area contributed by atoms with E-state index in [9.17, 15) is 4.79 Å². The van der Waals surface area contributed by atoms with Crippen LogP contribution in [0.2, 0.25) is 0 Å². The van der Waals surface area contributed by atoms with Crippen molar-refractivity contribution in [2.45, 2.75) is 45.4 Å². The second-order valence-electron chi connectivity index (χ2n) is 7.27. The number of aryl methyl sites for hydroxylation is 2. The number of carbonyl (C=O) groups excluding carboxylic acids is 1. The molecule has 0 spiro atoms. The number of carbonyl (C=O) groups is 1. The largest absolute Gasteiger partial charge is 0.383 e. The van der Waals surface area contributed by atoms with Gasteiger partial charge in [-0.2, -0.15) is 0 Å². The molecule has 0 saturated carbocycles. The maximum atomic E-state index is 12.9. The van der Waals surface area contributed by atoms with Crippen LogP contribution in [0.1, 0.15) is 46.1 Å². The van der Waals surface area contributed by atoms with Gasteiger partial charge in [-0.25, -0.2) is 0 Å². The van der Waals surface area contributed by atoms with Crippen LogP contribution in [-0.4, -0.2) is 44.6 Å². The number of Topliss-reactive ketones (excluding diaryl/α,β-unsaturated/α-hetero) is 1. The fourth-order valence-electron chi connectivity index (χ4n) is 3.68. The van der Waals surface area contributed by atoms with E-state index in [0.29, 0.717) is 18.9 Å². The lowest BCUT2D eigenvalue weighted by molar-refractivity contribution is 0.102. The van der Waals surface area contributed by atoms with Crippen molar-refractivity contribution in [1.29, 1.82) is 0 Å². The standard InChI is InChI=1S/C22H28N4O2S/c1-15-11-20(17(3)26(15)16(2)13-28-5)21(27)14-29-22-24-23-18(4)25(22)12-19-9-7-6-8-10-19/h6-11,16H,12-14H2,1-5H3/t16-/m0/s1. The van der Waals surface area contributed by atoms with Gasteiger partial charge in [0, 0.05) is 24.1 Å². The molecule has 0 amide bonds. The molecule has 0 bridgehead atoms. The monoisotopic (exact) mass is 412 g/mol. The molecule has 0 fully saturated rings. The molecule has 2 heterocycles. The van der Waals surface area contributed by atoms with Crippen LogP contribution in [0.25, 0.3) is 0 Å². The van der Waals surface area contributed by atoms with Gasteiger partial charge in [0.15, 0.2) is 10.9 Å². The van der Waals surface area contributed by atoms with Crippen LogP contribution in [0.5, 0.6) is 0 Å². The molecule has 0 N–H and O–H groups in total. The molecule has 154 valence electrons. The Balaban J connectivity index is 1.73. The van der Waals surface area contributed by atoms with E-state index >= 15 is 0 Å². The third-order valence-electron chi connectivity index (χ3n) is 5.05. The first-order valence-electron chi connectivity index (χ1n) is 9.69. The van der Waals surface area contributed by atoms with Gasteiger partial charge in [0.1, 0.15) is 5.82 Å². The van der Waals surface area contributed by atoms with Crippen LogP contribution in [0.4, 0.5) is 0 Å². The third kappa shape index (κ3) is 4.79. The number of methoxy groups -OCH3 is 1. The number of ketones is 1. The van der Waals surface area contributed by atoms with Gasteiger partial charge >= 0.3 is 0 Å². The fourth-order valence-corrected chi connectivity index (χ4v) is 4.54. The summed E-state index contributed by atoms with van der Waals surface area (Å²) in [7, 11) is 1.70. The zero-order chi connectivity index (χ0) is 21.0. The minimum atomic E-state index is 0.103. The van der Waals surface area contributed by atoms with Crippen LogP contribution < -0.4 is 0 Å². The maximum absolute atomic E-state index is 12.9. The van der Waals surface area contributed by atoms with E-state index in [1.807, 2.05) is 45.0 Å². The highest BCUT2D eigenvalue weighted by molar-refractivity contribution is 7.99. The highest BCUT2D eigenvalue weighted by Gasteiger charge is 2.20. The van der Waals surface area contributed by atoms with Gasteiger partial charge in [0.2, 0.25) is 0 Å². The molecule has 0 aliphatic heterocycles. The Morgan fingerprint density at radius 1 is 1.17 bits per heavy atom. The molecule has 0 radical (unpaired) electrons. The van der Waals surface area contributed by atoms with Crippen molar-refractivity contribution in [3.63, 3.8) is 0 Å². The summed E-state index contributed by atoms with van der Waals surface area (Å²) in [6, 6.07) is 12.4. The Hall–Kier alpha value is -2.38. The number of hydrogen-bond acceptors (Lipinski definition) is 5. The van der Waals surface area contributed by atoms with Crippen LogP contribution in [0.3, 0.4) is 0 Å². The van der Waals surface area contributed by atoms with Crippen LogP contribution in [0, 0.1) is 20.8 Å². The summed E-state index contributed by atoms with van der Waals surface area (Å²) in [5.41, 5.74) is 4.01. The summed E-state index contributed by atoms with van der Waals surface area (Å²) in [5, 5.41) is 9.25. The zero-order valence-electron chi connectivity index (χ0n) is 17.7. The van der Waals surface area contributed by atoms with Crippen LogP contribution in [0.15, 0.2) is 41.6 Å². The zero-order valence-corrected chi connectivity index (χ0v) is 18.5. The van der Waals surface area contributed by atoms with Crippen LogP contribution in [-0.2, 0) is 11.3 Å². The van der Waals surface area contributed by atoms with Crippen molar-refractivity contribution >= 4 is 17.5 Å². The minimum Gasteiger partial charge on any atom is -0.383 e. The Morgan fingerprint density at radius 3 is 2.59 bits per heavy atom. The maximum Gasteiger partial charge on any atom is 0.191 e. The van der Waals surface area contributed by atoms with Crippen molar-refractivity contribution in [2.75, 3.05) is 19.5 Å². The lowest BCUT2D eigenvalue weighted by Crippen LogP contribution is -2.15. The molecule has 3 aromatic rings. The summed E-state index contributed by atoms with van der Waals surface area (Å²) in [6.45, 7) is 9.37. The molecule has 3 rings (SSSR count). The molecular weight excluding hydrogens is 384 g/mol. The molecule has 0 unspecified atom stereocenters. The quantitative estimate of drug-likeness (QED) is 0.389. The Kier molecular flexibility index (Phi) is 6.92. The highest BCUT2D eigenvalue weighted by Crippen LogP contribution is 2.24. The summed E-state index contributed by atoms with van der Waals surface area (Å²) >= 11 is 1.44. The van der Waals surface area contributed by atoms with Gasteiger partial charge in [-0.15, -0.1) is 10.2 Å². The van der Waals surface area contributed by atoms with Crippen molar-refractivity contribution < 1.29 is 9.53 Å². The van der Waals surface area contributed by atoms with E-state index in [-0.39, 0.29) is 11.8 Å². The predicted octanol–water partition coefficient (Wildman–Crippen LogP) is 4.24. The van der Waals surface area contributed by atoms with Gasteiger partial charge in [-0.3, -0.25) is 4.79 Å². The second kappa shape index (κ2) is 9.41. The third-order valence-corrected chi connectivity index (χ3v) is 6.02. The molecule has 29 heavy (non-hydrogen) atoms. The van der Waals surface area contributed by atoms with Gasteiger partial charge in [0.05, 0.1) is 24.9 Å². The summed E-state index contributed by atoms with van der Waals surface area (Å²) in [4.78, 5) is 12.9. The second-order valence-corrected chi connectivity index (χ2v) is 8.22. The summed E-state index contributed by atoms with van der Waals surface area (Å²) < 4.78 is 9.50. The van der Waals surface area contributed by atoms with Crippen LogP contribution >= 0.6 is 11.8 Å². The van der Waals surface area contributed by atoms with E-state index < -0.39 is 0 Å². The van der Waals surface area contributed by atoms with E-state index in [1.54, 1.807) is 7.11 Å². The molecule has 0 aliphatic rings. The first kappa shape index (κ1) is 21.3. The molecule has 1 atom stereocenters. The number of aromatic nitrogens is 4. The number of ether oxygens (including phenoxy) is 1. The molecular formula is C22H28N4O2S. The number of nitrogens with zero attached hydrogens (tertiary/aromatic N) is 4. The van der Waals surface area contributed by atoms with E-state index in [2.05, 4.69) is 38.4 Å². The SMILES string of the molecule is COC[C@H](C)n1c(C)cc(C(=O)CSc2nnc(C)n2Cc2ccccc2)c1C. The van der Waals surface area contributed by atoms with Crippen molar-refractivity contribution in [2.24, 2.45) is 0 Å². The van der Waals surface area contributed by atoms with Crippen molar-refractivity contribution in [3.05, 3.63) is 64.7 Å². The smallest absolute Gasteiger partial charge is 0.191 e. The highest BCUT2D eigenvalue weighted by atomic mass is 32.2. The first-order valence-corrected chi connectivity index (χ1v) is 10.7. The predicted molar refractivity (Wildman–Crippen MR) is 116 cm³/mol. The van der Waals surface area contributed by atoms with Gasteiger partial charge in [-0.1, -0.05) is 42.1 Å². The van der Waals surface area contributed by atoms with E-state index in [1.165, 1.54) is 17.3 Å². The minimum absolute atomic E-state index is 0.103. The Bertz CT molecular complexity index is 978. The summed E-state index contributed by atoms with van der Waals surface area (Å²) in [6.07, 6.45) is 0. The van der Waals surface area contributed by atoms with Crippen molar-refractivity contribution in [3.8, 4) is 0 Å². The van der Waals surface area contributed by atoms with Gasteiger partial charge < -0.3 is 13.9 Å². The average molecular weight is 413 g/mol. The average Bonchev–Trinajstić information content (AvgIpc) is 3.20. The lowest BCUT2D eigenvalue weighted by atomic mass is 10.2. The molecule has 0 aliphatic carbocycles. The number of hydrogen-bond donors (Lipinski definition) is 0. The topological polar surface area (TPSA) is 61.9 Å². The lowest BCUT2D eigenvalue weighted by Gasteiger charge is -2.17. The number of rotatable bonds is 9. The number of thioether (sulfide) groups is 1. The Labute approximate surface area is 176 Å². The Morgan fingerprint density at radius 2 is 1.90 bits per heavy atom. The van der Waals surface area contributed by atoms with Gasteiger partial charge in [-0.05, 0) is 39.3 Å². The van der Waals surface area contributed by atoms with E-state index in [0.717, 1.165) is 27.9 Å². The molecule has 0 saturated heterocycles. The first-order chi connectivity index (χ1) is 13.9. The van der Waals surface area contributed by atoms with E-state index in [4.69, 9.17) is 4.74 Å². The van der Waals surface area contributed by atoms with Crippen molar-refractivity contribution in [1.82, 2.24) is 19.3 Å². The molecule has 1 aromatic carbocycles.